The lowest BCUT2D eigenvalue weighted by atomic mass is 10.4. The van der Waals surface area contributed by atoms with Crippen molar-refractivity contribution in [2.45, 2.75) is 13.8 Å². The van der Waals surface area contributed by atoms with Crippen LogP contribution in [0.4, 0.5) is 0 Å². The van der Waals surface area contributed by atoms with Crippen LogP contribution >= 0.6 is 11.3 Å². The zero-order valence-corrected chi connectivity index (χ0v) is 7.51. The van der Waals surface area contributed by atoms with E-state index in [0.29, 0.717) is 5.01 Å². The van der Waals surface area contributed by atoms with Crippen molar-refractivity contribution in [2.24, 2.45) is 5.16 Å². The molecule has 12 heavy (non-hydrogen) atoms. The van der Waals surface area contributed by atoms with Crippen molar-refractivity contribution in [3.05, 3.63) is 15.6 Å². The van der Waals surface area contributed by atoms with Gasteiger partial charge in [0, 0.05) is 4.88 Å². The molecule has 0 amide bonds. The van der Waals surface area contributed by atoms with Crippen LogP contribution < -0.4 is 0 Å². The highest BCUT2D eigenvalue weighted by Gasteiger charge is 2.09. The molecular weight excluding hydrogens is 174 g/mol. The topological polar surface area (TPSA) is 69.3 Å². The fourth-order valence-electron chi connectivity index (χ4n) is 0.687. The summed E-state index contributed by atoms with van der Waals surface area (Å²) in [6, 6.07) is 1.76. The number of nitrogens with zero attached hydrogens (tertiary/aromatic N) is 3. The van der Waals surface area contributed by atoms with E-state index < -0.39 is 0 Å². The van der Waals surface area contributed by atoms with Crippen molar-refractivity contribution >= 4 is 17.0 Å². The standard InChI is InChI=1S/C7H7N3OS/c1-4-5(2)12-7(9-4)6(3-8)10-11/h11H,1-2H3. The maximum Gasteiger partial charge on any atom is 0.215 e. The maximum absolute atomic E-state index is 8.51. The zero-order chi connectivity index (χ0) is 9.14. The van der Waals surface area contributed by atoms with Gasteiger partial charge in [-0.3, -0.25) is 0 Å². The Hall–Kier alpha value is -1.41. The molecule has 0 aromatic carbocycles. The molecule has 1 aromatic rings. The van der Waals surface area contributed by atoms with Crippen molar-refractivity contribution in [3.63, 3.8) is 0 Å². The van der Waals surface area contributed by atoms with Gasteiger partial charge in [0.25, 0.3) is 0 Å². The summed E-state index contributed by atoms with van der Waals surface area (Å²) in [5.41, 5.74) is 0.836. The van der Waals surface area contributed by atoms with Crippen LogP contribution in [0.3, 0.4) is 0 Å². The second-order valence-electron chi connectivity index (χ2n) is 2.22. The Labute approximate surface area is 73.8 Å². The van der Waals surface area contributed by atoms with Gasteiger partial charge < -0.3 is 5.21 Å². The Morgan fingerprint density at radius 1 is 1.67 bits per heavy atom. The second-order valence-corrected chi connectivity index (χ2v) is 3.42. The summed E-state index contributed by atoms with van der Waals surface area (Å²) in [5, 5.41) is 20.2. The molecule has 1 aromatic heterocycles. The zero-order valence-electron chi connectivity index (χ0n) is 6.70. The van der Waals surface area contributed by atoms with E-state index in [0.717, 1.165) is 10.6 Å². The molecule has 1 rings (SSSR count). The first-order valence-electron chi connectivity index (χ1n) is 3.25. The molecule has 0 atom stereocenters. The van der Waals surface area contributed by atoms with Gasteiger partial charge in [-0.1, -0.05) is 5.16 Å². The maximum atomic E-state index is 8.51. The molecule has 0 unspecified atom stereocenters. The monoisotopic (exact) mass is 181 g/mol. The molecule has 0 fully saturated rings. The molecule has 0 radical (unpaired) electrons. The number of rotatable bonds is 1. The highest BCUT2D eigenvalue weighted by molar-refractivity contribution is 7.14. The Kier molecular flexibility index (Phi) is 2.41. The van der Waals surface area contributed by atoms with E-state index in [4.69, 9.17) is 10.5 Å². The minimum Gasteiger partial charge on any atom is -0.410 e. The Morgan fingerprint density at radius 2 is 2.33 bits per heavy atom. The summed E-state index contributed by atoms with van der Waals surface area (Å²) in [6.07, 6.45) is 0. The highest BCUT2D eigenvalue weighted by atomic mass is 32.1. The van der Waals surface area contributed by atoms with Gasteiger partial charge in [0.05, 0.1) is 5.69 Å². The van der Waals surface area contributed by atoms with E-state index in [1.54, 1.807) is 6.07 Å². The fourth-order valence-corrected chi connectivity index (χ4v) is 1.54. The number of hydrogen-bond acceptors (Lipinski definition) is 5. The van der Waals surface area contributed by atoms with Crippen LogP contribution in [0.2, 0.25) is 0 Å². The lowest BCUT2D eigenvalue weighted by molar-refractivity contribution is 0.320. The number of aromatic nitrogens is 1. The lowest BCUT2D eigenvalue weighted by Crippen LogP contribution is -1.95. The normalized spacial score (nSPS) is 11.2. The average Bonchev–Trinajstić information content (AvgIpc) is 2.35. The molecule has 0 aliphatic heterocycles. The molecule has 0 saturated carbocycles. The van der Waals surface area contributed by atoms with Gasteiger partial charge in [-0.25, -0.2) is 4.98 Å². The third-order valence-electron chi connectivity index (χ3n) is 1.44. The van der Waals surface area contributed by atoms with Crippen molar-refractivity contribution in [2.75, 3.05) is 0 Å². The van der Waals surface area contributed by atoms with Crippen molar-refractivity contribution in [1.29, 1.82) is 5.26 Å². The quantitative estimate of drug-likeness (QED) is 0.405. The van der Waals surface area contributed by atoms with Gasteiger partial charge in [-0.15, -0.1) is 11.3 Å². The van der Waals surface area contributed by atoms with Crippen LogP contribution in [-0.4, -0.2) is 15.9 Å². The van der Waals surface area contributed by atoms with Crippen LogP contribution in [-0.2, 0) is 0 Å². The summed E-state index contributed by atoms with van der Waals surface area (Å²) in [7, 11) is 0. The van der Waals surface area contributed by atoms with Gasteiger partial charge in [0.1, 0.15) is 6.07 Å². The molecule has 4 nitrogen and oxygen atoms in total. The predicted octanol–water partition coefficient (Wildman–Crippen LogP) is 1.46. The van der Waals surface area contributed by atoms with Crippen LogP contribution in [0, 0.1) is 25.2 Å². The van der Waals surface area contributed by atoms with Gasteiger partial charge >= 0.3 is 0 Å². The number of hydrogen-bond donors (Lipinski definition) is 1. The minimum atomic E-state index is -0.0313. The number of oxime groups is 1. The van der Waals surface area contributed by atoms with Gasteiger partial charge in [0.2, 0.25) is 5.71 Å². The van der Waals surface area contributed by atoms with Gasteiger partial charge in [-0.05, 0) is 13.8 Å². The van der Waals surface area contributed by atoms with Crippen LogP contribution in [0.15, 0.2) is 5.16 Å². The largest absolute Gasteiger partial charge is 0.410 e. The third-order valence-corrected chi connectivity index (χ3v) is 2.52. The van der Waals surface area contributed by atoms with Gasteiger partial charge in [-0.2, -0.15) is 5.26 Å². The Morgan fingerprint density at radius 3 is 2.67 bits per heavy atom. The molecule has 0 bridgehead atoms. The van der Waals surface area contributed by atoms with E-state index in [2.05, 4.69) is 10.1 Å². The summed E-state index contributed by atoms with van der Waals surface area (Å²) in [4.78, 5) is 5.09. The molecule has 1 N–H and O–H groups in total. The predicted molar refractivity (Wildman–Crippen MR) is 45.5 cm³/mol. The van der Waals surface area contributed by atoms with Crippen LogP contribution in [0.25, 0.3) is 0 Å². The minimum absolute atomic E-state index is 0.0313. The second kappa shape index (κ2) is 3.32. The molecule has 0 saturated heterocycles. The first-order chi connectivity index (χ1) is 5.69. The molecule has 0 spiro atoms. The average molecular weight is 181 g/mol. The molecule has 62 valence electrons. The number of aryl methyl sites for hydroxylation is 2. The Bertz CT molecular complexity index is 342. The summed E-state index contributed by atoms with van der Waals surface area (Å²) in [6.45, 7) is 3.75. The first kappa shape index (κ1) is 8.68. The number of thiazole rings is 1. The van der Waals surface area contributed by atoms with Crippen molar-refractivity contribution < 1.29 is 5.21 Å². The molecule has 0 aliphatic carbocycles. The van der Waals surface area contributed by atoms with E-state index >= 15 is 0 Å². The SMILES string of the molecule is Cc1nc(C(C#N)=NO)sc1C. The lowest BCUT2D eigenvalue weighted by Gasteiger charge is -1.83. The summed E-state index contributed by atoms with van der Waals surface area (Å²) < 4.78 is 0. The van der Waals surface area contributed by atoms with E-state index in [1.807, 2.05) is 13.8 Å². The molecule has 5 heteroatoms. The van der Waals surface area contributed by atoms with Crippen molar-refractivity contribution in [1.82, 2.24) is 4.98 Å². The number of nitriles is 1. The third kappa shape index (κ3) is 1.43. The summed E-state index contributed by atoms with van der Waals surface area (Å²) >= 11 is 1.35. The van der Waals surface area contributed by atoms with Crippen LogP contribution in [0.1, 0.15) is 15.6 Å². The molecule has 0 aliphatic rings. The Balaban J connectivity index is 3.14. The van der Waals surface area contributed by atoms with Gasteiger partial charge in [0.15, 0.2) is 5.01 Å². The van der Waals surface area contributed by atoms with Crippen molar-refractivity contribution in [3.8, 4) is 6.07 Å². The van der Waals surface area contributed by atoms with Crippen LogP contribution in [0.5, 0.6) is 0 Å². The van der Waals surface area contributed by atoms with E-state index in [1.165, 1.54) is 11.3 Å². The molecular formula is C7H7N3OS. The summed E-state index contributed by atoms with van der Waals surface area (Å²) in [5.74, 6) is 0. The van der Waals surface area contributed by atoms with E-state index in [-0.39, 0.29) is 5.71 Å². The fraction of sp³-hybridized carbons (Fsp3) is 0.286. The smallest absolute Gasteiger partial charge is 0.215 e. The highest BCUT2D eigenvalue weighted by Crippen LogP contribution is 2.16. The molecule has 1 heterocycles. The first-order valence-corrected chi connectivity index (χ1v) is 4.07. The van der Waals surface area contributed by atoms with E-state index in [9.17, 15) is 0 Å².